The molecule has 0 aliphatic heterocycles. The van der Waals surface area contributed by atoms with Gasteiger partial charge in [0.05, 0.1) is 17.3 Å². The molecule has 1 amide bonds. The van der Waals surface area contributed by atoms with Crippen LogP contribution in [0.25, 0.3) is 0 Å². The average molecular weight is 527 g/mol. The number of aryl methyl sites for hydroxylation is 1. The van der Waals surface area contributed by atoms with Gasteiger partial charge in [0, 0.05) is 29.6 Å². The van der Waals surface area contributed by atoms with Crippen LogP contribution in [0.15, 0.2) is 54.4 Å². The molecule has 0 bridgehead atoms. The normalized spacial score (nSPS) is 16.0. The van der Waals surface area contributed by atoms with E-state index in [1.54, 1.807) is 18.5 Å². The Hall–Kier alpha value is -3.19. The van der Waals surface area contributed by atoms with Crippen LogP contribution in [-0.2, 0) is 20.9 Å². The number of carbonyl (C=O) groups excluding carboxylic acids is 2. The largest absolute Gasteiger partial charge is 0.488 e. The van der Waals surface area contributed by atoms with Crippen LogP contribution in [0.4, 0.5) is 10.1 Å². The third-order valence-electron chi connectivity index (χ3n) is 6.92. The molecule has 1 aromatic heterocycles. The lowest BCUT2D eigenvalue weighted by Gasteiger charge is -2.28. The smallest absolute Gasteiger partial charge is 0.334 e. The molecule has 0 saturated heterocycles. The molecule has 0 atom stereocenters. The van der Waals surface area contributed by atoms with Crippen LogP contribution in [-0.4, -0.2) is 29.6 Å². The number of amides is 1. The predicted molar refractivity (Wildman–Crippen MR) is 141 cm³/mol. The summed E-state index contributed by atoms with van der Waals surface area (Å²) in [6, 6.07) is 4.39. The highest BCUT2D eigenvalue weighted by molar-refractivity contribution is 6.32. The molecule has 8 heteroatoms. The van der Waals surface area contributed by atoms with Gasteiger partial charge in [0.1, 0.15) is 24.3 Å². The zero-order valence-electron chi connectivity index (χ0n) is 21.1. The molecule has 0 N–H and O–H groups in total. The van der Waals surface area contributed by atoms with Gasteiger partial charge in [-0.15, -0.1) is 0 Å². The summed E-state index contributed by atoms with van der Waals surface area (Å²) in [4.78, 5) is 32.8. The number of hydrogen-bond donors (Lipinski definition) is 0. The van der Waals surface area contributed by atoms with Crippen molar-refractivity contribution in [3.8, 4) is 5.75 Å². The highest BCUT2D eigenvalue weighted by Crippen LogP contribution is 2.36. The van der Waals surface area contributed by atoms with Crippen molar-refractivity contribution in [2.24, 2.45) is 0 Å². The van der Waals surface area contributed by atoms with E-state index in [-0.39, 0.29) is 35.7 Å². The Labute approximate surface area is 222 Å². The van der Waals surface area contributed by atoms with Gasteiger partial charge < -0.3 is 14.4 Å². The second kappa shape index (κ2) is 12.4. The molecule has 1 heterocycles. The number of rotatable bonds is 9. The van der Waals surface area contributed by atoms with Gasteiger partial charge in [-0.25, -0.2) is 9.18 Å². The van der Waals surface area contributed by atoms with Gasteiger partial charge in [-0.1, -0.05) is 24.3 Å². The first-order valence-corrected chi connectivity index (χ1v) is 13.1. The van der Waals surface area contributed by atoms with Crippen molar-refractivity contribution < 1.29 is 23.5 Å². The molecule has 2 aliphatic carbocycles. The lowest BCUT2D eigenvalue weighted by atomic mass is 9.90. The summed E-state index contributed by atoms with van der Waals surface area (Å²) in [5.41, 5.74) is 2.44. The summed E-state index contributed by atoms with van der Waals surface area (Å²) in [7, 11) is 0. The maximum atomic E-state index is 15.4. The van der Waals surface area contributed by atoms with Crippen LogP contribution in [0.5, 0.6) is 5.75 Å². The summed E-state index contributed by atoms with van der Waals surface area (Å²) in [6.07, 6.45) is 11.0. The van der Waals surface area contributed by atoms with E-state index in [4.69, 9.17) is 21.1 Å². The average Bonchev–Trinajstić information content (AvgIpc) is 3.41. The lowest BCUT2D eigenvalue weighted by Crippen LogP contribution is -2.35. The maximum absolute atomic E-state index is 15.4. The molecule has 1 aromatic carbocycles. The number of halogens is 2. The van der Waals surface area contributed by atoms with E-state index in [1.807, 2.05) is 13.0 Å². The van der Waals surface area contributed by atoms with Gasteiger partial charge >= 0.3 is 5.97 Å². The van der Waals surface area contributed by atoms with Crippen LogP contribution in [0.3, 0.4) is 0 Å². The van der Waals surface area contributed by atoms with E-state index in [1.165, 1.54) is 11.0 Å². The monoisotopic (exact) mass is 526 g/mol. The predicted octanol–water partition coefficient (Wildman–Crippen LogP) is 6.64. The summed E-state index contributed by atoms with van der Waals surface area (Å²) < 4.78 is 26.8. The van der Waals surface area contributed by atoms with Crippen molar-refractivity contribution in [3.05, 3.63) is 76.4 Å². The van der Waals surface area contributed by atoms with Crippen molar-refractivity contribution in [1.82, 2.24) is 4.98 Å². The molecule has 6 nitrogen and oxygen atoms in total. The van der Waals surface area contributed by atoms with Crippen LogP contribution < -0.4 is 9.64 Å². The number of anilines is 1. The number of ether oxygens (including phenoxy) is 2. The van der Waals surface area contributed by atoms with Crippen LogP contribution in [0.1, 0.15) is 62.5 Å². The summed E-state index contributed by atoms with van der Waals surface area (Å²) in [5.74, 6) is -1.30. The van der Waals surface area contributed by atoms with Gasteiger partial charge in [-0.3, -0.25) is 9.78 Å². The van der Waals surface area contributed by atoms with Gasteiger partial charge in [0.2, 0.25) is 0 Å². The number of carbonyl (C=O) groups is 2. The SMILES string of the molecule is C=CCOc1cc(N(Cc2cnccc2C)C(=O)C2=C(C(=O)OC3CCCC3)CCCC2)c(F)cc1Cl. The van der Waals surface area contributed by atoms with E-state index < -0.39 is 17.7 Å². The Kier molecular flexibility index (Phi) is 8.98. The maximum Gasteiger partial charge on any atom is 0.334 e. The highest BCUT2D eigenvalue weighted by Gasteiger charge is 2.32. The van der Waals surface area contributed by atoms with E-state index >= 15 is 4.39 Å². The Morgan fingerprint density at radius 2 is 1.92 bits per heavy atom. The second-order valence-electron chi connectivity index (χ2n) is 9.50. The lowest BCUT2D eigenvalue weighted by molar-refractivity contribution is -0.144. The molecule has 196 valence electrons. The van der Waals surface area contributed by atoms with Crippen molar-refractivity contribution in [2.75, 3.05) is 11.5 Å². The number of esters is 1. The van der Waals surface area contributed by atoms with Gasteiger partial charge in [0.25, 0.3) is 5.91 Å². The molecule has 0 radical (unpaired) electrons. The molecule has 0 spiro atoms. The van der Waals surface area contributed by atoms with Gasteiger partial charge in [0.15, 0.2) is 0 Å². The van der Waals surface area contributed by atoms with Gasteiger partial charge in [-0.05, 0) is 81.5 Å². The minimum Gasteiger partial charge on any atom is -0.488 e. The molecule has 0 unspecified atom stereocenters. The van der Waals surface area contributed by atoms with Crippen LogP contribution >= 0.6 is 11.6 Å². The quantitative estimate of drug-likeness (QED) is 0.271. The first-order chi connectivity index (χ1) is 17.9. The van der Waals surface area contributed by atoms with Crippen LogP contribution in [0, 0.1) is 12.7 Å². The van der Waals surface area contributed by atoms with Crippen molar-refractivity contribution in [3.63, 3.8) is 0 Å². The number of aromatic nitrogens is 1. The number of hydrogen-bond acceptors (Lipinski definition) is 5. The number of nitrogens with zero attached hydrogens (tertiary/aromatic N) is 2. The summed E-state index contributed by atoms with van der Waals surface area (Å²) >= 11 is 6.22. The van der Waals surface area contributed by atoms with Crippen LogP contribution in [0.2, 0.25) is 5.02 Å². The Morgan fingerprint density at radius 3 is 2.62 bits per heavy atom. The van der Waals surface area contributed by atoms with E-state index in [9.17, 15) is 9.59 Å². The Morgan fingerprint density at radius 1 is 1.19 bits per heavy atom. The fourth-order valence-corrected chi connectivity index (χ4v) is 5.05. The van der Waals surface area contributed by atoms with Crippen molar-refractivity contribution in [1.29, 1.82) is 0 Å². The zero-order chi connectivity index (χ0) is 26.4. The first kappa shape index (κ1) is 26.9. The minimum absolute atomic E-state index is 0.0123. The fourth-order valence-electron chi connectivity index (χ4n) is 4.84. The molecule has 2 aromatic rings. The number of pyridine rings is 1. The molecule has 1 saturated carbocycles. The van der Waals surface area contributed by atoms with Gasteiger partial charge in [-0.2, -0.15) is 0 Å². The molecule has 37 heavy (non-hydrogen) atoms. The summed E-state index contributed by atoms with van der Waals surface area (Å²) in [5, 5.41) is 0.0887. The molecule has 1 fully saturated rings. The molecular weight excluding hydrogens is 495 g/mol. The van der Waals surface area contributed by atoms with E-state index in [2.05, 4.69) is 11.6 Å². The summed E-state index contributed by atoms with van der Waals surface area (Å²) in [6.45, 7) is 5.77. The molecule has 2 aliphatic rings. The topological polar surface area (TPSA) is 68.7 Å². The third kappa shape index (κ3) is 6.39. The fraction of sp³-hybridized carbons (Fsp3) is 0.414. The Bertz CT molecular complexity index is 1210. The Balaban J connectivity index is 1.75. The van der Waals surface area contributed by atoms with E-state index in [0.717, 1.165) is 55.7 Å². The van der Waals surface area contributed by atoms with Crippen molar-refractivity contribution in [2.45, 2.75) is 70.9 Å². The first-order valence-electron chi connectivity index (χ1n) is 12.8. The minimum atomic E-state index is -0.669. The second-order valence-corrected chi connectivity index (χ2v) is 9.91. The molecular formula is C29H32ClFN2O4. The van der Waals surface area contributed by atoms with Crippen molar-refractivity contribution >= 4 is 29.2 Å². The zero-order valence-corrected chi connectivity index (χ0v) is 21.9. The molecule has 4 rings (SSSR count). The highest BCUT2D eigenvalue weighted by atomic mass is 35.5. The number of benzene rings is 1. The van der Waals surface area contributed by atoms with E-state index in [0.29, 0.717) is 24.0 Å². The standard InChI is InChI=1S/C29H32ClFN2O4/c1-3-14-36-27-16-26(25(31)15-24(27)30)33(18-20-17-32-13-12-19(20)2)28(34)22-10-6-7-11-23(22)29(35)37-21-8-4-5-9-21/h3,12-13,15-17,21H,1,4-11,14,18H2,2H3. The third-order valence-corrected chi connectivity index (χ3v) is 7.21.